The van der Waals surface area contributed by atoms with Crippen LogP contribution in [0.3, 0.4) is 0 Å². The van der Waals surface area contributed by atoms with Crippen molar-refractivity contribution in [2.45, 2.75) is 24.6 Å². The van der Waals surface area contributed by atoms with Crippen molar-refractivity contribution >= 4 is 0 Å². The summed E-state index contributed by atoms with van der Waals surface area (Å²) in [6.07, 6.45) is -14.6. The normalized spacial score (nSPS) is 16.8. The van der Waals surface area contributed by atoms with Crippen molar-refractivity contribution in [3.8, 4) is 0 Å². The van der Waals surface area contributed by atoms with Gasteiger partial charge < -0.3 is 5.11 Å². The second-order valence-corrected chi connectivity index (χ2v) is 1.92. The van der Waals surface area contributed by atoms with Gasteiger partial charge in [0, 0.05) is 0 Å². The molecule has 74 valence electrons. The molecule has 0 radical (unpaired) electrons. The van der Waals surface area contributed by atoms with Gasteiger partial charge in [-0.15, -0.1) is 0 Å². The number of hydrogen-bond donors (Lipinski definition) is 1. The summed E-state index contributed by atoms with van der Waals surface area (Å²) in [6, 6.07) is 0. The van der Waals surface area contributed by atoms with Crippen LogP contribution < -0.4 is 0 Å². The van der Waals surface area contributed by atoms with Gasteiger partial charge >= 0.3 is 18.5 Å². The smallest absolute Gasteiger partial charge is 0.379 e. The quantitative estimate of drug-likeness (QED) is 0.674. The van der Waals surface area contributed by atoms with E-state index in [0.717, 1.165) is 0 Å². The highest BCUT2D eigenvalue weighted by molar-refractivity contribution is 4.84. The van der Waals surface area contributed by atoms with Crippen molar-refractivity contribution < 1.29 is 35.8 Å². The van der Waals surface area contributed by atoms with E-state index in [2.05, 4.69) is 0 Å². The first kappa shape index (κ1) is 11.5. The lowest BCUT2D eigenvalue weighted by Crippen LogP contribution is -2.49. The van der Waals surface area contributed by atoms with E-state index in [-0.39, 0.29) is 0 Å². The predicted octanol–water partition coefficient (Wildman–Crippen LogP) is 1.81. The second kappa shape index (κ2) is 3.08. The second-order valence-electron chi connectivity index (χ2n) is 1.92. The number of hydrogen-bond acceptors (Lipinski definition) is 1. The summed E-state index contributed by atoms with van der Waals surface area (Å²) in [7, 11) is 0. The molecule has 0 heterocycles. The van der Waals surface area contributed by atoms with E-state index >= 15 is 0 Å². The molecule has 1 unspecified atom stereocenters. The maximum atomic E-state index is 11.7. The minimum atomic E-state index is -5.75. The summed E-state index contributed by atoms with van der Waals surface area (Å²) < 4.78 is 79.5. The molecular weight excluding hydrogens is 197 g/mol. The summed E-state index contributed by atoms with van der Waals surface area (Å²) in [6.45, 7) is 0. The first-order valence-electron chi connectivity index (χ1n) is 2.51. The van der Waals surface area contributed by atoms with Gasteiger partial charge in [-0.1, -0.05) is 0 Å². The highest BCUT2D eigenvalue weighted by Gasteiger charge is 2.60. The van der Waals surface area contributed by atoms with Gasteiger partial charge in [0.2, 0.25) is 6.10 Å². The Labute approximate surface area is 61.8 Å². The molecule has 0 saturated carbocycles. The predicted molar refractivity (Wildman–Crippen MR) is 23.0 cm³/mol. The highest BCUT2D eigenvalue weighted by atomic mass is 19.4. The molecule has 1 atom stereocenters. The van der Waals surface area contributed by atoms with Gasteiger partial charge in [-0.2, -0.15) is 22.0 Å². The van der Waals surface area contributed by atoms with Crippen molar-refractivity contribution in [2.75, 3.05) is 0 Å². The van der Waals surface area contributed by atoms with Crippen molar-refractivity contribution in [3.63, 3.8) is 0 Å². The molecule has 0 aromatic carbocycles. The van der Waals surface area contributed by atoms with Crippen LogP contribution in [0.15, 0.2) is 0 Å². The molecule has 0 amide bonds. The number of aliphatic hydroxyl groups excluding tert-OH is 1. The Morgan fingerprint density at radius 3 is 1.33 bits per heavy atom. The molecule has 12 heavy (non-hydrogen) atoms. The number of aliphatic hydroxyl groups is 1. The largest absolute Gasteiger partial charge is 0.420 e. The van der Waals surface area contributed by atoms with E-state index in [9.17, 15) is 30.7 Å². The summed E-state index contributed by atoms with van der Waals surface area (Å²) in [5.74, 6) is -5.46. The van der Waals surface area contributed by atoms with Crippen LogP contribution in [0.2, 0.25) is 0 Å². The van der Waals surface area contributed by atoms with Gasteiger partial charge in [0.1, 0.15) is 0 Å². The zero-order valence-electron chi connectivity index (χ0n) is 5.25. The Morgan fingerprint density at radius 2 is 1.25 bits per heavy atom. The van der Waals surface area contributed by atoms with Crippen LogP contribution in [0.5, 0.6) is 0 Å². The van der Waals surface area contributed by atoms with E-state index in [1.165, 1.54) is 0 Å². The molecule has 0 aromatic rings. The van der Waals surface area contributed by atoms with E-state index in [1.807, 2.05) is 0 Å². The van der Waals surface area contributed by atoms with Crippen molar-refractivity contribution in [1.29, 1.82) is 0 Å². The molecular formula is C4H3F7O. The molecule has 0 aliphatic carbocycles. The maximum absolute atomic E-state index is 11.7. The molecule has 8 heteroatoms. The van der Waals surface area contributed by atoms with E-state index in [4.69, 9.17) is 5.11 Å². The monoisotopic (exact) mass is 200 g/mol. The van der Waals surface area contributed by atoms with Gasteiger partial charge in [0.15, 0.2) is 0 Å². The van der Waals surface area contributed by atoms with Gasteiger partial charge in [-0.25, -0.2) is 8.78 Å². The summed E-state index contributed by atoms with van der Waals surface area (Å²) in [5.41, 5.74) is 0. The average molecular weight is 200 g/mol. The van der Waals surface area contributed by atoms with Crippen molar-refractivity contribution in [2.24, 2.45) is 0 Å². The van der Waals surface area contributed by atoms with E-state index in [1.54, 1.807) is 0 Å². The Morgan fingerprint density at radius 1 is 0.917 bits per heavy atom. The third kappa shape index (κ3) is 2.23. The SMILES string of the molecule is OC(C(F)(F)F)C(F)(F)C(F)F. The maximum Gasteiger partial charge on any atom is 0.420 e. The molecule has 0 saturated heterocycles. The summed E-state index contributed by atoms with van der Waals surface area (Å²) in [5, 5.41) is 7.73. The van der Waals surface area contributed by atoms with Crippen LogP contribution in [0.25, 0.3) is 0 Å². The standard InChI is InChI=1S/C4H3F7O/c5-2(6)3(7,8)1(12)4(9,10)11/h1-2,12H. The van der Waals surface area contributed by atoms with E-state index < -0.39 is 24.6 Å². The minimum Gasteiger partial charge on any atom is -0.379 e. The van der Waals surface area contributed by atoms with Crippen molar-refractivity contribution in [1.82, 2.24) is 0 Å². The Bertz CT molecular complexity index is 150. The molecule has 0 rings (SSSR count). The fraction of sp³-hybridized carbons (Fsp3) is 1.00. The zero-order chi connectivity index (χ0) is 10.2. The van der Waals surface area contributed by atoms with Crippen LogP contribution in [0, 0.1) is 0 Å². The molecule has 0 aliphatic heterocycles. The molecule has 0 bridgehead atoms. The molecule has 0 spiro atoms. The molecule has 1 N–H and O–H groups in total. The third-order valence-corrected chi connectivity index (χ3v) is 0.966. The Kier molecular flexibility index (Phi) is 2.94. The average Bonchev–Trinajstić information content (AvgIpc) is 1.83. The number of alkyl halides is 7. The lowest BCUT2D eigenvalue weighted by molar-refractivity contribution is -0.296. The van der Waals surface area contributed by atoms with Gasteiger partial charge in [-0.05, 0) is 0 Å². The molecule has 1 nitrogen and oxygen atoms in total. The topological polar surface area (TPSA) is 20.2 Å². The third-order valence-electron chi connectivity index (χ3n) is 0.966. The fourth-order valence-electron chi connectivity index (χ4n) is 0.338. The lowest BCUT2D eigenvalue weighted by Gasteiger charge is -2.23. The first-order valence-corrected chi connectivity index (χ1v) is 2.51. The van der Waals surface area contributed by atoms with Gasteiger partial charge in [0.25, 0.3) is 0 Å². The van der Waals surface area contributed by atoms with Crippen LogP contribution >= 0.6 is 0 Å². The van der Waals surface area contributed by atoms with Gasteiger partial charge in [-0.3, -0.25) is 0 Å². The van der Waals surface area contributed by atoms with Crippen LogP contribution in [-0.4, -0.2) is 29.7 Å². The summed E-state index contributed by atoms with van der Waals surface area (Å²) in [4.78, 5) is 0. The fourth-order valence-corrected chi connectivity index (χ4v) is 0.338. The summed E-state index contributed by atoms with van der Waals surface area (Å²) >= 11 is 0. The highest BCUT2D eigenvalue weighted by Crippen LogP contribution is 2.35. The van der Waals surface area contributed by atoms with E-state index in [0.29, 0.717) is 0 Å². The molecule has 0 aliphatic rings. The van der Waals surface area contributed by atoms with Gasteiger partial charge in [0.05, 0.1) is 0 Å². The number of rotatable bonds is 2. The minimum absolute atomic E-state index is 4.33. The Hall–Kier alpha value is -0.530. The molecule has 0 fully saturated rings. The van der Waals surface area contributed by atoms with Crippen LogP contribution in [-0.2, 0) is 0 Å². The van der Waals surface area contributed by atoms with Crippen LogP contribution in [0.4, 0.5) is 30.7 Å². The molecule has 0 aromatic heterocycles. The van der Waals surface area contributed by atoms with Crippen LogP contribution in [0.1, 0.15) is 0 Å². The first-order chi connectivity index (χ1) is 5.10. The lowest BCUT2D eigenvalue weighted by atomic mass is 10.2. The zero-order valence-corrected chi connectivity index (χ0v) is 5.25. The number of halogens is 7. The van der Waals surface area contributed by atoms with Crippen molar-refractivity contribution in [3.05, 3.63) is 0 Å². The Balaban J connectivity index is 4.57.